The molecule has 0 fully saturated rings. The molecule has 0 aliphatic heterocycles. The summed E-state index contributed by atoms with van der Waals surface area (Å²) < 4.78 is 26.3. The molecule has 0 amide bonds. The highest BCUT2D eigenvalue weighted by molar-refractivity contribution is 7.98. The summed E-state index contributed by atoms with van der Waals surface area (Å²) in [7, 11) is -1.91. The van der Waals surface area contributed by atoms with Crippen LogP contribution in [-0.2, 0) is 10.0 Å². The predicted molar refractivity (Wildman–Crippen MR) is 85.3 cm³/mol. The number of benzene rings is 1. The van der Waals surface area contributed by atoms with Crippen LogP contribution in [0.15, 0.2) is 23.1 Å². The van der Waals surface area contributed by atoms with Crippen molar-refractivity contribution in [2.75, 3.05) is 25.6 Å². The summed E-state index contributed by atoms with van der Waals surface area (Å²) in [5.41, 5.74) is 6.81. The van der Waals surface area contributed by atoms with Gasteiger partial charge in [0.15, 0.2) is 0 Å². The minimum absolute atomic E-state index is 0.197. The Bertz CT molecular complexity index is 570. The van der Waals surface area contributed by atoms with E-state index in [0.29, 0.717) is 17.7 Å². The maximum absolute atomic E-state index is 12.5. The Morgan fingerprint density at radius 1 is 1.47 bits per heavy atom. The molecule has 0 aliphatic rings. The van der Waals surface area contributed by atoms with E-state index in [4.69, 9.17) is 18.0 Å². The van der Waals surface area contributed by atoms with Crippen LogP contribution in [-0.4, -0.2) is 43.3 Å². The summed E-state index contributed by atoms with van der Waals surface area (Å²) in [5, 5.41) is 0. The van der Waals surface area contributed by atoms with Crippen LogP contribution in [0.4, 0.5) is 0 Å². The van der Waals surface area contributed by atoms with Crippen LogP contribution in [0.25, 0.3) is 0 Å². The monoisotopic (exact) mass is 318 g/mol. The Balaban J connectivity index is 3.20. The van der Waals surface area contributed by atoms with Gasteiger partial charge in [-0.1, -0.05) is 24.4 Å². The normalized spacial score (nSPS) is 11.8. The van der Waals surface area contributed by atoms with Gasteiger partial charge in [0.05, 0.1) is 4.90 Å². The second-order valence-electron chi connectivity index (χ2n) is 4.16. The standard InChI is InChI=1S/C12H18N2O2S3/c1-9-4-5-10(12(13)17)8-11(9)19(15,16)14(2)6-7-18-3/h4-5,8H,6-7H2,1-3H3,(H2,13,17). The number of hydrogen-bond donors (Lipinski definition) is 1. The molecule has 0 atom stereocenters. The minimum Gasteiger partial charge on any atom is -0.389 e. The number of hydrogen-bond acceptors (Lipinski definition) is 4. The quantitative estimate of drug-likeness (QED) is 0.808. The van der Waals surface area contributed by atoms with Gasteiger partial charge in [-0.25, -0.2) is 12.7 Å². The van der Waals surface area contributed by atoms with Gasteiger partial charge in [0.25, 0.3) is 0 Å². The number of nitrogens with two attached hydrogens (primary N) is 1. The summed E-state index contributed by atoms with van der Waals surface area (Å²) in [4.78, 5) is 0.463. The average molecular weight is 318 g/mol. The number of sulfonamides is 1. The fourth-order valence-corrected chi connectivity index (χ4v) is 3.66. The Kier molecular flexibility index (Phi) is 5.79. The van der Waals surface area contributed by atoms with Gasteiger partial charge in [0.1, 0.15) is 4.99 Å². The number of rotatable bonds is 6. The molecule has 0 radical (unpaired) electrons. The van der Waals surface area contributed by atoms with Gasteiger partial charge in [-0.2, -0.15) is 11.8 Å². The molecule has 0 aliphatic carbocycles. The molecule has 0 saturated heterocycles. The van der Waals surface area contributed by atoms with Crippen molar-refractivity contribution >= 4 is 39.0 Å². The minimum atomic E-state index is -3.49. The van der Waals surface area contributed by atoms with Crippen molar-refractivity contribution < 1.29 is 8.42 Å². The van der Waals surface area contributed by atoms with Crippen LogP contribution in [0.3, 0.4) is 0 Å². The van der Waals surface area contributed by atoms with E-state index in [9.17, 15) is 8.42 Å². The molecule has 0 saturated carbocycles. The molecule has 2 N–H and O–H groups in total. The zero-order chi connectivity index (χ0) is 14.6. The van der Waals surface area contributed by atoms with E-state index in [-0.39, 0.29) is 9.88 Å². The van der Waals surface area contributed by atoms with E-state index in [1.54, 1.807) is 43.9 Å². The lowest BCUT2D eigenvalue weighted by Gasteiger charge is -2.18. The molecule has 0 bridgehead atoms. The van der Waals surface area contributed by atoms with Gasteiger partial charge < -0.3 is 5.73 Å². The van der Waals surface area contributed by atoms with Gasteiger partial charge in [-0.15, -0.1) is 0 Å². The fraction of sp³-hybridized carbons (Fsp3) is 0.417. The highest BCUT2D eigenvalue weighted by Gasteiger charge is 2.22. The van der Waals surface area contributed by atoms with Gasteiger partial charge in [0, 0.05) is 24.9 Å². The van der Waals surface area contributed by atoms with Crippen LogP contribution in [0.1, 0.15) is 11.1 Å². The van der Waals surface area contributed by atoms with Crippen molar-refractivity contribution in [3.8, 4) is 0 Å². The van der Waals surface area contributed by atoms with Crippen molar-refractivity contribution in [3.63, 3.8) is 0 Å². The molecule has 106 valence electrons. The zero-order valence-electron chi connectivity index (χ0n) is 11.2. The van der Waals surface area contributed by atoms with Crippen LogP contribution in [0, 0.1) is 6.92 Å². The Morgan fingerprint density at radius 2 is 2.11 bits per heavy atom. The highest BCUT2D eigenvalue weighted by Crippen LogP contribution is 2.20. The molecule has 19 heavy (non-hydrogen) atoms. The first-order chi connectivity index (χ1) is 8.80. The highest BCUT2D eigenvalue weighted by atomic mass is 32.2. The van der Waals surface area contributed by atoms with Crippen molar-refractivity contribution in [1.82, 2.24) is 4.31 Å². The van der Waals surface area contributed by atoms with E-state index >= 15 is 0 Å². The number of aryl methyl sites for hydroxylation is 1. The zero-order valence-corrected chi connectivity index (χ0v) is 13.7. The molecular weight excluding hydrogens is 300 g/mol. The number of thioether (sulfide) groups is 1. The van der Waals surface area contributed by atoms with Crippen LogP contribution in [0.2, 0.25) is 0 Å². The van der Waals surface area contributed by atoms with Gasteiger partial charge in [-0.05, 0) is 24.8 Å². The summed E-state index contributed by atoms with van der Waals surface area (Å²) in [6, 6.07) is 5.00. The average Bonchev–Trinajstić information content (AvgIpc) is 2.35. The lowest BCUT2D eigenvalue weighted by molar-refractivity contribution is 0.488. The Hall–Kier alpha value is -0.630. The molecule has 1 rings (SSSR count). The lowest BCUT2D eigenvalue weighted by atomic mass is 10.1. The van der Waals surface area contributed by atoms with Gasteiger partial charge in [-0.3, -0.25) is 0 Å². The maximum atomic E-state index is 12.5. The van der Waals surface area contributed by atoms with E-state index in [1.807, 2.05) is 6.26 Å². The largest absolute Gasteiger partial charge is 0.389 e. The first kappa shape index (κ1) is 16.4. The first-order valence-electron chi connectivity index (χ1n) is 5.66. The SMILES string of the molecule is CSCCN(C)S(=O)(=O)c1cc(C(N)=S)ccc1C. The third-order valence-corrected chi connectivity index (χ3v) is 5.60. The summed E-state index contributed by atoms with van der Waals surface area (Å²) in [6.07, 6.45) is 1.94. The molecule has 1 aromatic rings. The van der Waals surface area contributed by atoms with E-state index < -0.39 is 10.0 Å². The van der Waals surface area contributed by atoms with Gasteiger partial charge in [0.2, 0.25) is 10.0 Å². The molecule has 0 aromatic heterocycles. The lowest BCUT2D eigenvalue weighted by Crippen LogP contribution is -2.30. The topological polar surface area (TPSA) is 63.4 Å². The smallest absolute Gasteiger partial charge is 0.243 e. The molecule has 0 heterocycles. The Morgan fingerprint density at radius 3 is 2.63 bits per heavy atom. The van der Waals surface area contributed by atoms with Crippen LogP contribution < -0.4 is 5.73 Å². The number of nitrogens with zero attached hydrogens (tertiary/aromatic N) is 1. The predicted octanol–water partition coefficient (Wildman–Crippen LogP) is 1.61. The summed E-state index contributed by atoms with van der Waals surface area (Å²) >= 11 is 6.50. The van der Waals surface area contributed by atoms with Crippen LogP contribution in [0.5, 0.6) is 0 Å². The molecule has 0 unspecified atom stereocenters. The first-order valence-corrected chi connectivity index (χ1v) is 8.90. The maximum Gasteiger partial charge on any atom is 0.243 e. The molecular formula is C12H18N2O2S3. The second-order valence-corrected chi connectivity index (χ2v) is 7.60. The third kappa shape index (κ3) is 3.92. The van der Waals surface area contributed by atoms with Crippen LogP contribution >= 0.6 is 24.0 Å². The van der Waals surface area contributed by atoms with E-state index in [2.05, 4.69) is 0 Å². The van der Waals surface area contributed by atoms with Crippen molar-refractivity contribution in [2.24, 2.45) is 5.73 Å². The van der Waals surface area contributed by atoms with Gasteiger partial charge >= 0.3 is 0 Å². The van der Waals surface area contributed by atoms with Crippen molar-refractivity contribution in [2.45, 2.75) is 11.8 Å². The van der Waals surface area contributed by atoms with Crippen molar-refractivity contribution in [1.29, 1.82) is 0 Å². The third-order valence-electron chi connectivity index (χ3n) is 2.77. The molecule has 4 nitrogen and oxygen atoms in total. The van der Waals surface area contributed by atoms with E-state index in [0.717, 1.165) is 5.75 Å². The molecule has 1 aromatic carbocycles. The van der Waals surface area contributed by atoms with Crippen molar-refractivity contribution in [3.05, 3.63) is 29.3 Å². The fourth-order valence-electron chi connectivity index (χ4n) is 1.54. The number of thiocarbonyl (C=S) groups is 1. The summed E-state index contributed by atoms with van der Waals surface area (Å²) in [5.74, 6) is 0.754. The molecule has 7 heteroatoms. The van der Waals surface area contributed by atoms with E-state index in [1.165, 1.54) is 4.31 Å². The Labute approximate surface area is 124 Å². The second kappa shape index (κ2) is 6.69. The summed E-state index contributed by atoms with van der Waals surface area (Å²) in [6.45, 7) is 2.23. The molecule has 0 spiro atoms.